The lowest BCUT2D eigenvalue weighted by molar-refractivity contribution is -0.134. The lowest BCUT2D eigenvalue weighted by Crippen LogP contribution is -2.35. The maximum absolute atomic E-state index is 11.8. The van der Waals surface area contributed by atoms with E-state index >= 15 is 0 Å². The first-order chi connectivity index (χ1) is 11.4. The van der Waals surface area contributed by atoms with Gasteiger partial charge in [0.05, 0.1) is 0 Å². The van der Waals surface area contributed by atoms with Crippen molar-refractivity contribution in [1.29, 1.82) is 0 Å². The molecule has 4 heteroatoms. The molecule has 0 saturated carbocycles. The van der Waals surface area contributed by atoms with Crippen molar-refractivity contribution in [3.8, 4) is 11.5 Å². The molecule has 1 atom stereocenters. The van der Waals surface area contributed by atoms with E-state index in [2.05, 4.69) is 25.7 Å². The summed E-state index contributed by atoms with van der Waals surface area (Å²) in [7, 11) is 0. The van der Waals surface area contributed by atoms with Crippen molar-refractivity contribution in [2.45, 2.75) is 72.4 Å². The minimum atomic E-state index is -0.172. The Morgan fingerprint density at radius 2 is 1.83 bits per heavy atom. The minimum absolute atomic E-state index is 0.0675. The summed E-state index contributed by atoms with van der Waals surface area (Å²) >= 11 is 0. The summed E-state index contributed by atoms with van der Waals surface area (Å²) in [6, 6.07) is 3.98. The average Bonchev–Trinajstić information content (AvgIpc) is 3.04. The molecule has 1 aromatic carbocycles. The summed E-state index contributed by atoms with van der Waals surface area (Å²) in [6.45, 7) is 12.5. The predicted octanol–water partition coefficient (Wildman–Crippen LogP) is 4.64. The zero-order chi connectivity index (χ0) is 17.7. The van der Waals surface area contributed by atoms with Gasteiger partial charge in [-0.05, 0) is 56.7 Å². The van der Waals surface area contributed by atoms with Gasteiger partial charge in [-0.25, -0.2) is 0 Å². The number of hydrogen-bond acceptors (Lipinski definition) is 4. The van der Waals surface area contributed by atoms with Gasteiger partial charge in [0, 0.05) is 25.1 Å². The molecule has 0 aromatic heterocycles. The summed E-state index contributed by atoms with van der Waals surface area (Å²) in [6.07, 6.45) is 3.80. The molecule has 1 saturated heterocycles. The van der Waals surface area contributed by atoms with Gasteiger partial charge in [-0.1, -0.05) is 20.8 Å². The topological polar surface area (TPSA) is 38.8 Å². The summed E-state index contributed by atoms with van der Waals surface area (Å²) in [4.78, 5) is 14.2. The predicted molar refractivity (Wildman–Crippen MR) is 96.7 cm³/mol. The normalized spacial score (nSPS) is 16.4. The Bertz CT molecular complexity index is 562. The molecule has 24 heavy (non-hydrogen) atoms. The Morgan fingerprint density at radius 1 is 1.17 bits per heavy atom. The largest absolute Gasteiger partial charge is 0.475 e. The Kier molecular flexibility index (Phi) is 6.67. The van der Waals surface area contributed by atoms with Crippen molar-refractivity contribution < 1.29 is 14.3 Å². The zero-order valence-corrected chi connectivity index (χ0v) is 15.7. The highest BCUT2D eigenvalue weighted by molar-refractivity contribution is 5.73. The molecule has 0 N–H and O–H groups in total. The third-order valence-corrected chi connectivity index (χ3v) is 4.56. The van der Waals surface area contributed by atoms with Crippen LogP contribution < -0.4 is 9.47 Å². The number of ether oxygens (including phenoxy) is 2. The van der Waals surface area contributed by atoms with E-state index in [9.17, 15) is 4.79 Å². The molecular weight excluding hydrogens is 302 g/mol. The van der Waals surface area contributed by atoms with E-state index in [0.29, 0.717) is 18.1 Å². The van der Waals surface area contributed by atoms with Crippen molar-refractivity contribution in [2.75, 3.05) is 13.1 Å². The molecule has 0 amide bonds. The maximum Gasteiger partial charge on any atom is 0.311 e. The molecule has 1 fully saturated rings. The van der Waals surface area contributed by atoms with Crippen molar-refractivity contribution in [1.82, 2.24) is 4.90 Å². The number of likely N-dealkylation sites (tertiary alicyclic amines) is 1. The molecule has 0 bridgehead atoms. The lowest BCUT2D eigenvalue weighted by atomic mass is 9.99. The summed E-state index contributed by atoms with van der Waals surface area (Å²) in [5.41, 5.74) is 2.03. The zero-order valence-electron chi connectivity index (χ0n) is 15.7. The van der Waals surface area contributed by atoms with E-state index in [0.717, 1.165) is 36.4 Å². The fourth-order valence-corrected chi connectivity index (χ4v) is 3.08. The second kappa shape index (κ2) is 8.52. The number of carbonyl (C=O) groups excluding carboxylic acids is 1. The smallest absolute Gasteiger partial charge is 0.311 e. The Balaban J connectivity index is 2.20. The molecule has 1 heterocycles. The highest BCUT2D eigenvalue weighted by Gasteiger charge is 2.22. The van der Waals surface area contributed by atoms with Gasteiger partial charge in [0.2, 0.25) is 0 Å². The third kappa shape index (κ3) is 4.73. The van der Waals surface area contributed by atoms with E-state index in [4.69, 9.17) is 9.47 Å². The second-order valence-corrected chi connectivity index (χ2v) is 6.99. The first-order valence-electron chi connectivity index (χ1n) is 9.18. The van der Waals surface area contributed by atoms with Crippen molar-refractivity contribution in [2.24, 2.45) is 0 Å². The van der Waals surface area contributed by atoms with Crippen LogP contribution in [0.4, 0.5) is 0 Å². The van der Waals surface area contributed by atoms with Crippen LogP contribution in [0.5, 0.6) is 11.5 Å². The highest BCUT2D eigenvalue weighted by atomic mass is 16.5. The third-order valence-electron chi connectivity index (χ3n) is 4.56. The van der Waals surface area contributed by atoms with Gasteiger partial charge in [0.1, 0.15) is 17.7 Å². The number of nitrogens with zero attached hydrogens (tertiary/aromatic N) is 1. The number of aryl methyl sites for hydroxylation is 1. The molecule has 1 unspecified atom stereocenters. The van der Waals surface area contributed by atoms with Crippen LogP contribution in [0.3, 0.4) is 0 Å². The average molecular weight is 333 g/mol. The minimum Gasteiger partial charge on any atom is -0.475 e. The van der Waals surface area contributed by atoms with Gasteiger partial charge in [-0.15, -0.1) is 0 Å². The van der Waals surface area contributed by atoms with E-state index in [-0.39, 0.29) is 12.2 Å². The van der Waals surface area contributed by atoms with E-state index < -0.39 is 0 Å². The van der Waals surface area contributed by atoms with Crippen LogP contribution in [0.1, 0.15) is 70.4 Å². The van der Waals surface area contributed by atoms with Crippen LogP contribution in [-0.2, 0) is 4.79 Å². The van der Waals surface area contributed by atoms with Crippen LogP contribution >= 0.6 is 0 Å². The van der Waals surface area contributed by atoms with Crippen molar-refractivity contribution in [3.63, 3.8) is 0 Å². The number of rotatable bonds is 7. The molecule has 0 radical (unpaired) electrons. The number of hydrogen-bond donors (Lipinski definition) is 0. The van der Waals surface area contributed by atoms with Crippen LogP contribution in [0.2, 0.25) is 0 Å². The fourth-order valence-electron chi connectivity index (χ4n) is 3.08. The van der Waals surface area contributed by atoms with Gasteiger partial charge < -0.3 is 9.47 Å². The lowest BCUT2D eigenvalue weighted by Gasteiger charge is -2.27. The number of carbonyl (C=O) groups is 1. The summed E-state index contributed by atoms with van der Waals surface area (Å²) in [5.74, 6) is 1.68. The molecular formula is C20H31NO3. The molecule has 1 aliphatic heterocycles. The Morgan fingerprint density at radius 3 is 2.42 bits per heavy atom. The van der Waals surface area contributed by atoms with Gasteiger partial charge in [-0.2, -0.15) is 0 Å². The quantitative estimate of drug-likeness (QED) is 0.538. The van der Waals surface area contributed by atoms with Gasteiger partial charge in [0.15, 0.2) is 0 Å². The van der Waals surface area contributed by atoms with E-state index in [1.54, 1.807) is 0 Å². The highest BCUT2D eigenvalue weighted by Crippen LogP contribution is 2.34. The van der Waals surface area contributed by atoms with Crippen LogP contribution in [0.15, 0.2) is 12.1 Å². The molecule has 4 nitrogen and oxygen atoms in total. The Hall–Kier alpha value is -1.55. The van der Waals surface area contributed by atoms with Crippen LogP contribution in [0, 0.1) is 6.92 Å². The SMILES string of the molecule is CCCC(=O)Oc1cc(C(C)C)c(OC(C)N2CCCC2)cc1C. The van der Waals surface area contributed by atoms with E-state index in [1.165, 1.54) is 12.8 Å². The first-order valence-corrected chi connectivity index (χ1v) is 9.18. The maximum atomic E-state index is 11.8. The number of esters is 1. The standard InChI is InChI=1S/C20H31NO3/c1-6-9-20(22)24-18-13-17(14(2)3)19(12-15(18)4)23-16(5)21-10-7-8-11-21/h12-14,16H,6-11H2,1-5H3. The summed E-state index contributed by atoms with van der Waals surface area (Å²) < 4.78 is 11.8. The first kappa shape index (κ1) is 18.8. The molecule has 0 aliphatic carbocycles. The van der Waals surface area contributed by atoms with Crippen molar-refractivity contribution >= 4 is 5.97 Å². The summed E-state index contributed by atoms with van der Waals surface area (Å²) in [5, 5.41) is 0. The second-order valence-electron chi connectivity index (χ2n) is 6.99. The van der Waals surface area contributed by atoms with Gasteiger partial charge >= 0.3 is 5.97 Å². The van der Waals surface area contributed by atoms with Gasteiger partial charge in [0.25, 0.3) is 0 Å². The molecule has 134 valence electrons. The van der Waals surface area contributed by atoms with Crippen LogP contribution in [0.25, 0.3) is 0 Å². The fraction of sp³-hybridized carbons (Fsp3) is 0.650. The molecule has 1 aliphatic rings. The van der Waals surface area contributed by atoms with Crippen molar-refractivity contribution in [3.05, 3.63) is 23.3 Å². The monoisotopic (exact) mass is 333 g/mol. The van der Waals surface area contributed by atoms with Gasteiger partial charge in [-0.3, -0.25) is 9.69 Å². The molecule has 1 aromatic rings. The Labute approximate surface area is 146 Å². The van der Waals surface area contributed by atoms with Crippen LogP contribution in [-0.4, -0.2) is 30.2 Å². The number of benzene rings is 1. The van der Waals surface area contributed by atoms with E-state index in [1.807, 2.05) is 26.0 Å². The molecule has 2 rings (SSSR count). The molecule has 0 spiro atoms.